The molecule has 0 unspecified atom stereocenters. The first kappa shape index (κ1) is 9.13. The molecule has 1 rings (SSSR count). The first-order valence-corrected chi connectivity index (χ1v) is 4.34. The lowest BCUT2D eigenvalue weighted by atomic mass is 10.2. The highest BCUT2D eigenvalue weighted by Crippen LogP contribution is 2.16. The van der Waals surface area contributed by atoms with E-state index in [0.717, 1.165) is 0 Å². The Labute approximate surface area is 82.9 Å². The third-order valence-electron chi connectivity index (χ3n) is 1.24. The molecule has 12 heavy (non-hydrogen) atoms. The van der Waals surface area contributed by atoms with Crippen molar-refractivity contribution in [1.29, 1.82) is 5.26 Å². The zero-order chi connectivity index (χ0) is 8.97. The summed E-state index contributed by atoms with van der Waals surface area (Å²) in [6.45, 7) is 0. The highest BCUT2D eigenvalue weighted by molar-refractivity contribution is 14.1. The van der Waals surface area contributed by atoms with Crippen molar-refractivity contribution in [3.8, 4) is 6.07 Å². The number of nitrogens with zero attached hydrogens (tertiary/aromatic N) is 2. The molecule has 4 heteroatoms. The van der Waals surface area contributed by atoms with Crippen LogP contribution >= 0.6 is 22.6 Å². The van der Waals surface area contributed by atoms with E-state index in [-0.39, 0.29) is 5.83 Å². The second kappa shape index (κ2) is 4.16. The van der Waals surface area contributed by atoms with Crippen LogP contribution in [0.5, 0.6) is 0 Å². The summed E-state index contributed by atoms with van der Waals surface area (Å²) in [7, 11) is 0. The molecule has 0 amide bonds. The molecule has 1 heterocycles. The van der Waals surface area contributed by atoms with Crippen LogP contribution in [-0.4, -0.2) is 4.98 Å². The van der Waals surface area contributed by atoms with Gasteiger partial charge in [0.25, 0.3) is 0 Å². The van der Waals surface area contributed by atoms with Gasteiger partial charge in [-0.05, 0) is 28.7 Å². The molecule has 0 bridgehead atoms. The minimum atomic E-state index is -0.375. The van der Waals surface area contributed by atoms with Crippen LogP contribution in [0.1, 0.15) is 11.1 Å². The zero-order valence-corrected chi connectivity index (χ0v) is 8.12. The van der Waals surface area contributed by atoms with E-state index in [2.05, 4.69) is 4.98 Å². The largest absolute Gasteiger partial charge is 0.263 e. The van der Waals surface area contributed by atoms with Crippen LogP contribution in [0.15, 0.2) is 22.5 Å². The normalized spacial score (nSPS) is 10.9. The molecule has 0 saturated carbocycles. The summed E-state index contributed by atoms with van der Waals surface area (Å²) in [6.07, 6.45) is 2.77. The second-order valence-corrected chi connectivity index (χ2v) is 2.65. The van der Waals surface area contributed by atoms with E-state index in [1.807, 2.05) is 6.07 Å². The Hall–Kier alpha value is -0.960. The SMILES string of the molecule is N#Cc1cncc(/C(F)=C/I)c1. The fraction of sp³-hybridized carbons (Fsp3) is 0. The Morgan fingerprint density at radius 1 is 1.67 bits per heavy atom. The van der Waals surface area contributed by atoms with E-state index < -0.39 is 0 Å². The van der Waals surface area contributed by atoms with E-state index in [9.17, 15) is 4.39 Å². The van der Waals surface area contributed by atoms with Gasteiger partial charge in [0.15, 0.2) is 0 Å². The van der Waals surface area contributed by atoms with Gasteiger partial charge in [0.1, 0.15) is 11.9 Å². The predicted octanol–water partition coefficient (Wildman–Crippen LogP) is 2.66. The van der Waals surface area contributed by atoms with Crippen molar-refractivity contribution in [2.75, 3.05) is 0 Å². The molecular formula is C8H4FIN2. The Morgan fingerprint density at radius 3 is 3.00 bits per heavy atom. The number of halogens is 2. The van der Waals surface area contributed by atoms with E-state index >= 15 is 0 Å². The Balaban J connectivity index is 3.12. The lowest BCUT2D eigenvalue weighted by Gasteiger charge is -1.94. The van der Waals surface area contributed by atoms with Gasteiger partial charge in [0.05, 0.1) is 5.56 Å². The maximum Gasteiger partial charge on any atom is 0.138 e. The second-order valence-electron chi connectivity index (χ2n) is 2.03. The third-order valence-corrected chi connectivity index (χ3v) is 1.79. The monoisotopic (exact) mass is 274 g/mol. The Kier molecular flexibility index (Phi) is 3.17. The highest BCUT2D eigenvalue weighted by atomic mass is 127. The van der Waals surface area contributed by atoms with E-state index in [4.69, 9.17) is 5.26 Å². The van der Waals surface area contributed by atoms with Gasteiger partial charge in [-0.3, -0.25) is 4.98 Å². The number of aromatic nitrogens is 1. The molecule has 60 valence electrons. The van der Waals surface area contributed by atoms with E-state index in [1.165, 1.54) is 22.5 Å². The quantitative estimate of drug-likeness (QED) is 0.738. The molecule has 0 fully saturated rings. The van der Waals surface area contributed by atoms with Crippen molar-refractivity contribution >= 4 is 28.4 Å². The van der Waals surface area contributed by atoms with Gasteiger partial charge in [-0.25, -0.2) is 4.39 Å². The maximum absolute atomic E-state index is 12.9. The fourth-order valence-corrected chi connectivity index (χ4v) is 1.05. The van der Waals surface area contributed by atoms with Crippen LogP contribution in [0.4, 0.5) is 4.39 Å². The number of hydrogen-bond donors (Lipinski definition) is 0. The number of hydrogen-bond acceptors (Lipinski definition) is 2. The fourth-order valence-electron chi connectivity index (χ4n) is 0.695. The van der Waals surface area contributed by atoms with Gasteiger partial charge in [0.2, 0.25) is 0 Å². The van der Waals surface area contributed by atoms with Crippen LogP contribution in [0.3, 0.4) is 0 Å². The van der Waals surface area contributed by atoms with E-state index in [0.29, 0.717) is 11.1 Å². The van der Waals surface area contributed by atoms with Gasteiger partial charge in [-0.1, -0.05) is 0 Å². The molecule has 0 saturated heterocycles. The lowest BCUT2D eigenvalue weighted by Crippen LogP contribution is -1.83. The Bertz CT molecular complexity index is 354. The van der Waals surface area contributed by atoms with Gasteiger partial charge in [-0.2, -0.15) is 5.26 Å². The summed E-state index contributed by atoms with van der Waals surface area (Å²) in [6, 6.07) is 3.34. The van der Waals surface area contributed by atoms with E-state index in [1.54, 1.807) is 22.6 Å². The summed E-state index contributed by atoms with van der Waals surface area (Å²) in [5.41, 5.74) is 0.698. The van der Waals surface area contributed by atoms with Gasteiger partial charge >= 0.3 is 0 Å². The molecule has 0 aliphatic heterocycles. The molecule has 1 aromatic heterocycles. The van der Waals surface area contributed by atoms with Gasteiger partial charge in [0, 0.05) is 22.0 Å². The molecule has 0 N–H and O–H groups in total. The van der Waals surface area contributed by atoms with Crippen LogP contribution < -0.4 is 0 Å². The minimum absolute atomic E-state index is 0.337. The van der Waals surface area contributed by atoms with Crippen LogP contribution in [0.2, 0.25) is 0 Å². The minimum Gasteiger partial charge on any atom is -0.263 e. The van der Waals surface area contributed by atoms with Crippen molar-refractivity contribution in [3.63, 3.8) is 0 Å². The number of pyridine rings is 1. The van der Waals surface area contributed by atoms with Crippen molar-refractivity contribution in [3.05, 3.63) is 33.7 Å². The average Bonchev–Trinajstić information content (AvgIpc) is 2.17. The molecule has 0 aromatic carbocycles. The molecule has 0 spiro atoms. The maximum atomic E-state index is 12.9. The van der Waals surface area contributed by atoms with Gasteiger partial charge in [-0.15, -0.1) is 0 Å². The number of rotatable bonds is 1. The van der Waals surface area contributed by atoms with Crippen molar-refractivity contribution in [2.24, 2.45) is 0 Å². The first-order valence-electron chi connectivity index (χ1n) is 3.09. The highest BCUT2D eigenvalue weighted by Gasteiger charge is 2.00. The molecule has 0 aliphatic carbocycles. The number of nitriles is 1. The summed E-state index contributed by atoms with van der Waals surface area (Å²) < 4.78 is 14.2. The van der Waals surface area contributed by atoms with Crippen LogP contribution in [-0.2, 0) is 0 Å². The van der Waals surface area contributed by atoms with Crippen molar-refractivity contribution in [2.45, 2.75) is 0 Å². The molecule has 2 nitrogen and oxygen atoms in total. The average molecular weight is 274 g/mol. The zero-order valence-electron chi connectivity index (χ0n) is 5.96. The smallest absolute Gasteiger partial charge is 0.138 e. The van der Waals surface area contributed by atoms with Gasteiger partial charge < -0.3 is 0 Å². The third kappa shape index (κ3) is 2.01. The molecule has 1 aromatic rings. The van der Waals surface area contributed by atoms with Crippen molar-refractivity contribution < 1.29 is 4.39 Å². The van der Waals surface area contributed by atoms with Crippen LogP contribution in [0, 0.1) is 11.3 Å². The molecule has 0 atom stereocenters. The lowest BCUT2D eigenvalue weighted by molar-refractivity contribution is 0.761. The standard InChI is InChI=1S/C8H4FIN2/c9-8(2-10)7-1-6(3-11)4-12-5-7/h1-2,4-5H/b8-2-. The van der Waals surface area contributed by atoms with Crippen LogP contribution in [0.25, 0.3) is 5.83 Å². The topological polar surface area (TPSA) is 36.7 Å². The molecular weight excluding hydrogens is 270 g/mol. The molecule has 0 radical (unpaired) electrons. The first-order chi connectivity index (χ1) is 5.77. The predicted molar refractivity (Wildman–Crippen MR) is 52.1 cm³/mol. The summed E-state index contributed by atoms with van der Waals surface area (Å²) in [5.74, 6) is -0.375. The van der Waals surface area contributed by atoms with Crippen molar-refractivity contribution in [1.82, 2.24) is 4.98 Å². The molecule has 0 aliphatic rings. The Morgan fingerprint density at radius 2 is 2.42 bits per heavy atom. The summed E-state index contributed by atoms with van der Waals surface area (Å²) in [4.78, 5) is 3.72. The summed E-state index contributed by atoms with van der Waals surface area (Å²) >= 11 is 1.79. The summed E-state index contributed by atoms with van der Waals surface area (Å²) in [5, 5.41) is 8.48.